The Labute approximate surface area is 273 Å². The summed E-state index contributed by atoms with van der Waals surface area (Å²) in [5.41, 5.74) is 2.48. The third-order valence-corrected chi connectivity index (χ3v) is 8.49. The minimum absolute atomic E-state index is 0.0991. The van der Waals surface area contributed by atoms with Gasteiger partial charge in [-0.3, -0.25) is 14.4 Å². The number of nitrogens with one attached hydrogen (secondary N) is 3. The first-order chi connectivity index (χ1) is 22.4. The van der Waals surface area contributed by atoms with Gasteiger partial charge < -0.3 is 20.7 Å². The van der Waals surface area contributed by atoms with Crippen molar-refractivity contribution >= 4 is 57.7 Å². The molecule has 3 N–H and O–H groups in total. The molecule has 1 atom stereocenters. The Bertz CT molecular complexity index is 1870. The van der Waals surface area contributed by atoms with Crippen molar-refractivity contribution in [1.29, 1.82) is 0 Å². The summed E-state index contributed by atoms with van der Waals surface area (Å²) in [4.78, 5) is 40.9. The average molecular weight is 630 g/mol. The third kappa shape index (κ3) is 8.22. The van der Waals surface area contributed by atoms with Crippen LogP contribution in [0.25, 0.3) is 16.8 Å². The molecule has 0 aliphatic carbocycles. The van der Waals surface area contributed by atoms with Gasteiger partial charge in [-0.05, 0) is 78.2 Å². The normalized spacial score (nSPS) is 11.8. The molecule has 0 bridgehead atoms. The number of carbonyl (C=O) groups excluding carboxylic acids is 3. The molecule has 0 saturated carbocycles. The molecule has 0 saturated heterocycles. The zero-order valence-corrected chi connectivity index (χ0v) is 26.5. The highest BCUT2D eigenvalue weighted by Crippen LogP contribution is 2.31. The molecule has 0 aromatic heterocycles. The van der Waals surface area contributed by atoms with E-state index in [1.165, 1.54) is 11.8 Å². The highest BCUT2D eigenvalue weighted by molar-refractivity contribution is 8.00. The zero-order valence-electron chi connectivity index (χ0n) is 25.7. The number of amides is 3. The molecule has 5 aromatic carbocycles. The van der Waals surface area contributed by atoms with Gasteiger partial charge in [-0.1, -0.05) is 85.8 Å². The monoisotopic (exact) mass is 629 g/mol. The number of hydrogen-bond donors (Lipinski definition) is 3. The van der Waals surface area contributed by atoms with Gasteiger partial charge in [0, 0.05) is 16.1 Å². The Morgan fingerprint density at radius 1 is 0.783 bits per heavy atom. The second-order valence-corrected chi connectivity index (χ2v) is 11.6. The highest BCUT2D eigenvalue weighted by Gasteiger charge is 2.20. The molecule has 232 valence electrons. The Morgan fingerprint density at radius 2 is 1.50 bits per heavy atom. The molecule has 5 rings (SSSR count). The molecule has 0 spiro atoms. The predicted molar refractivity (Wildman–Crippen MR) is 187 cm³/mol. The van der Waals surface area contributed by atoms with E-state index in [4.69, 9.17) is 4.74 Å². The number of thioether (sulfide) groups is 1. The highest BCUT2D eigenvalue weighted by atomic mass is 32.2. The lowest BCUT2D eigenvalue weighted by Crippen LogP contribution is -2.30. The summed E-state index contributed by atoms with van der Waals surface area (Å²) in [5.74, 6) is -0.390. The van der Waals surface area contributed by atoms with Crippen LogP contribution in [-0.4, -0.2) is 29.6 Å². The van der Waals surface area contributed by atoms with Crippen LogP contribution in [0.4, 0.5) is 11.4 Å². The van der Waals surface area contributed by atoms with Gasteiger partial charge in [-0.25, -0.2) is 0 Å². The van der Waals surface area contributed by atoms with E-state index in [-0.39, 0.29) is 16.9 Å². The standard InChI is InChI=1S/C38H35N3O4S/c1-3-35(38(44)40-32-22-10-11-23-34(32)45-4-2)46-30-20-13-19-29(25-30)39-37(43)33(41-36(42)27-15-6-5-7-16-27)24-28-18-12-17-26-14-8-9-21-31(26)28/h5-25,35H,3-4H2,1-2H3,(H,39,43)(H,40,44)(H,41,42)/b33-24+. The fourth-order valence-corrected chi connectivity index (χ4v) is 5.88. The van der Waals surface area contributed by atoms with Gasteiger partial charge in [0.1, 0.15) is 11.4 Å². The molecule has 3 amide bonds. The molecule has 7 nitrogen and oxygen atoms in total. The zero-order chi connectivity index (χ0) is 32.3. The number of fused-ring (bicyclic) bond motifs is 1. The van der Waals surface area contributed by atoms with Crippen LogP contribution >= 0.6 is 11.8 Å². The number of rotatable bonds is 12. The van der Waals surface area contributed by atoms with Crippen molar-refractivity contribution < 1.29 is 19.1 Å². The first-order valence-electron chi connectivity index (χ1n) is 15.1. The lowest BCUT2D eigenvalue weighted by molar-refractivity contribution is -0.116. The lowest BCUT2D eigenvalue weighted by atomic mass is 10.0. The maximum atomic E-state index is 13.7. The molecular weight excluding hydrogens is 595 g/mol. The summed E-state index contributed by atoms with van der Waals surface area (Å²) in [7, 11) is 0. The van der Waals surface area contributed by atoms with E-state index < -0.39 is 11.8 Å². The van der Waals surface area contributed by atoms with E-state index in [9.17, 15) is 14.4 Å². The van der Waals surface area contributed by atoms with Crippen molar-refractivity contribution in [2.75, 3.05) is 17.2 Å². The quantitative estimate of drug-likeness (QED) is 0.0956. The number of hydrogen-bond acceptors (Lipinski definition) is 5. The van der Waals surface area contributed by atoms with Crippen molar-refractivity contribution in [2.45, 2.75) is 30.4 Å². The van der Waals surface area contributed by atoms with E-state index in [2.05, 4.69) is 16.0 Å². The minimum atomic E-state index is -0.475. The van der Waals surface area contributed by atoms with E-state index in [0.29, 0.717) is 35.7 Å². The van der Waals surface area contributed by atoms with Crippen LogP contribution in [0, 0.1) is 0 Å². The number of benzene rings is 5. The minimum Gasteiger partial charge on any atom is -0.492 e. The van der Waals surface area contributed by atoms with Gasteiger partial charge in [0.2, 0.25) is 5.91 Å². The van der Waals surface area contributed by atoms with Crippen LogP contribution in [0.3, 0.4) is 0 Å². The van der Waals surface area contributed by atoms with Gasteiger partial charge in [-0.15, -0.1) is 11.8 Å². The molecular formula is C38H35N3O4S. The molecule has 5 aromatic rings. The summed E-state index contributed by atoms with van der Waals surface area (Å²) in [6.07, 6.45) is 2.28. The maximum Gasteiger partial charge on any atom is 0.272 e. The van der Waals surface area contributed by atoms with Gasteiger partial charge in [-0.2, -0.15) is 0 Å². The SMILES string of the molecule is CCOc1ccccc1NC(=O)C(CC)Sc1cccc(NC(=O)/C(=C\c2cccc3ccccc23)NC(=O)c2ccccc2)c1. The summed E-state index contributed by atoms with van der Waals surface area (Å²) in [6.45, 7) is 4.35. The van der Waals surface area contributed by atoms with Crippen LogP contribution < -0.4 is 20.7 Å². The number of anilines is 2. The van der Waals surface area contributed by atoms with Crippen molar-refractivity contribution in [3.05, 3.63) is 138 Å². The van der Waals surface area contributed by atoms with Gasteiger partial charge >= 0.3 is 0 Å². The molecule has 46 heavy (non-hydrogen) atoms. The average Bonchev–Trinajstić information content (AvgIpc) is 3.08. The summed E-state index contributed by atoms with van der Waals surface area (Å²) < 4.78 is 5.66. The molecule has 0 aliphatic rings. The lowest BCUT2D eigenvalue weighted by Gasteiger charge is -2.17. The van der Waals surface area contributed by atoms with E-state index >= 15 is 0 Å². The van der Waals surface area contributed by atoms with Crippen LogP contribution in [0.1, 0.15) is 36.2 Å². The largest absolute Gasteiger partial charge is 0.492 e. The molecule has 1 unspecified atom stereocenters. The smallest absolute Gasteiger partial charge is 0.272 e. The van der Waals surface area contributed by atoms with Crippen molar-refractivity contribution in [1.82, 2.24) is 5.32 Å². The van der Waals surface area contributed by atoms with E-state index in [1.54, 1.807) is 36.4 Å². The number of ether oxygens (including phenoxy) is 1. The second kappa shape index (κ2) is 15.6. The number of carbonyl (C=O) groups is 3. The van der Waals surface area contributed by atoms with Crippen LogP contribution in [0.2, 0.25) is 0 Å². The summed E-state index contributed by atoms with van der Waals surface area (Å²) in [6, 6.07) is 37.1. The topological polar surface area (TPSA) is 96.5 Å². The fourth-order valence-electron chi connectivity index (χ4n) is 4.87. The van der Waals surface area contributed by atoms with Crippen molar-refractivity contribution in [2.24, 2.45) is 0 Å². The van der Waals surface area contributed by atoms with Crippen molar-refractivity contribution in [3.8, 4) is 5.75 Å². The Hall–Kier alpha value is -5.34. The first-order valence-corrected chi connectivity index (χ1v) is 16.0. The molecule has 0 fully saturated rings. The Morgan fingerprint density at radius 3 is 2.30 bits per heavy atom. The Balaban J connectivity index is 1.36. The van der Waals surface area contributed by atoms with Crippen LogP contribution in [0.5, 0.6) is 5.75 Å². The Kier molecular flexibility index (Phi) is 10.9. The van der Waals surface area contributed by atoms with Crippen LogP contribution in [-0.2, 0) is 9.59 Å². The molecule has 8 heteroatoms. The maximum absolute atomic E-state index is 13.7. The fraction of sp³-hybridized carbons (Fsp3) is 0.132. The summed E-state index contributed by atoms with van der Waals surface area (Å²) >= 11 is 1.41. The second-order valence-electron chi connectivity index (χ2n) is 10.4. The van der Waals surface area contributed by atoms with Gasteiger partial charge in [0.05, 0.1) is 17.5 Å². The summed E-state index contributed by atoms with van der Waals surface area (Å²) in [5, 5.41) is 10.3. The predicted octanol–water partition coefficient (Wildman–Crippen LogP) is 8.16. The van der Waals surface area contributed by atoms with E-state index in [1.807, 2.05) is 105 Å². The molecule has 0 heterocycles. The van der Waals surface area contributed by atoms with Gasteiger partial charge in [0.15, 0.2) is 0 Å². The van der Waals surface area contributed by atoms with E-state index in [0.717, 1.165) is 21.2 Å². The first kappa shape index (κ1) is 32.1. The van der Waals surface area contributed by atoms with Crippen LogP contribution in [0.15, 0.2) is 132 Å². The molecule has 0 aliphatic heterocycles. The third-order valence-electron chi connectivity index (χ3n) is 7.13. The van der Waals surface area contributed by atoms with Gasteiger partial charge in [0.25, 0.3) is 11.8 Å². The van der Waals surface area contributed by atoms with Crippen molar-refractivity contribution in [3.63, 3.8) is 0 Å². The number of para-hydroxylation sites is 2. The molecule has 0 radical (unpaired) electrons.